The standard InChI is InChI=1S/C19H14N2O3/c1-12-2-9-18-20-15(11-21(18)10-12)13-3-5-14(6-4-13)16-7-8-17(24-16)19(22)23/h2-11H,1H3,(H,22,23). The molecule has 0 saturated heterocycles. The van der Waals surface area contributed by atoms with Gasteiger partial charge in [0.2, 0.25) is 5.76 Å². The van der Waals surface area contributed by atoms with Crippen LogP contribution in [-0.2, 0) is 0 Å². The minimum atomic E-state index is -1.07. The molecule has 0 aliphatic heterocycles. The summed E-state index contributed by atoms with van der Waals surface area (Å²) in [6, 6.07) is 14.8. The van der Waals surface area contributed by atoms with Crippen molar-refractivity contribution < 1.29 is 14.3 Å². The minimum Gasteiger partial charge on any atom is -0.475 e. The quantitative estimate of drug-likeness (QED) is 0.612. The summed E-state index contributed by atoms with van der Waals surface area (Å²) in [6.07, 6.45) is 4.03. The Balaban J connectivity index is 1.68. The lowest BCUT2D eigenvalue weighted by molar-refractivity contribution is 0.0663. The first-order chi connectivity index (χ1) is 11.6. The smallest absolute Gasteiger partial charge is 0.371 e. The molecule has 0 aliphatic rings. The largest absolute Gasteiger partial charge is 0.475 e. The van der Waals surface area contributed by atoms with E-state index in [2.05, 4.69) is 4.98 Å². The fraction of sp³-hybridized carbons (Fsp3) is 0.0526. The number of aromatic carboxylic acids is 1. The Kier molecular flexibility index (Phi) is 3.20. The lowest BCUT2D eigenvalue weighted by atomic mass is 10.1. The summed E-state index contributed by atoms with van der Waals surface area (Å²) in [4.78, 5) is 15.5. The van der Waals surface area contributed by atoms with E-state index in [1.807, 2.05) is 60.1 Å². The van der Waals surface area contributed by atoms with Crippen molar-refractivity contribution in [3.8, 4) is 22.6 Å². The molecule has 0 fully saturated rings. The van der Waals surface area contributed by atoms with Crippen LogP contribution in [0.4, 0.5) is 0 Å². The molecule has 0 amide bonds. The second-order valence-corrected chi connectivity index (χ2v) is 5.64. The Bertz CT molecular complexity index is 1040. The highest BCUT2D eigenvalue weighted by atomic mass is 16.4. The molecule has 5 nitrogen and oxygen atoms in total. The van der Waals surface area contributed by atoms with E-state index in [0.717, 1.165) is 22.5 Å². The second kappa shape index (κ2) is 5.38. The Hall–Kier alpha value is -3.34. The molecule has 0 saturated carbocycles. The number of carboxylic acids is 1. The zero-order valence-corrected chi connectivity index (χ0v) is 12.9. The van der Waals surface area contributed by atoms with Gasteiger partial charge in [0, 0.05) is 23.5 Å². The number of pyridine rings is 1. The van der Waals surface area contributed by atoms with Gasteiger partial charge in [0.25, 0.3) is 0 Å². The van der Waals surface area contributed by atoms with Crippen LogP contribution >= 0.6 is 0 Å². The number of benzene rings is 1. The van der Waals surface area contributed by atoms with Gasteiger partial charge in [-0.1, -0.05) is 30.3 Å². The van der Waals surface area contributed by atoms with Crippen LogP contribution in [0.5, 0.6) is 0 Å². The Labute approximate surface area is 137 Å². The van der Waals surface area contributed by atoms with E-state index in [1.165, 1.54) is 11.6 Å². The molecule has 0 atom stereocenters. The van der Waals surface area contributed by atoms with Crippen molar-refractivity contribution in [1.82, 2.24) is 9.38 Å². The number of hydrogen-bond acceptors (Lipinski definition) is 3. The first kappa shape index (κ1) is 14.3. The maximum Gasteiger partial charge on any atom is 0.371 e. The van der Waals surface area contributed by atoms with Gasteiger partial charge < -0.3 is 13.9 Å². The minimum absolute atomic E-state index is 0.0650. The van der Waals surface area contributed by atoms with Gasteiger partial charge in [-0.05, 0) is 30.7 Å². The van der Waals surface area contributed by atoms with Crippen LogP contribution in [0.2, 0.25) is 0 Å². The summed E-state index contributed by atoms with van der Waals surface area (Å²) in [5, 5.41) is 8.92. The van der Waals surface area contributed by atoms with Gasteiger partial charge in [-0.2, -0.15) is 0 Å². The Morgan fingerprint density at radius 2 is 1.75 bits per heavy atom. The Morgan fingerprint density at radius 3 is 2.46 bits per heavy atom. The van der Waals surface area contributed by atoms with Crippen LogP contribution in [0.15, 0.2) is 65.3 Å². The normalized spacial score (nSPS) is 11.0. The monoisotopic (exact) mass is 318 g/mol. The topological polar surface area (TPSA) is 67.7 Å². The molecular formula is C19H14N2O3. The first-order valence-electron chi connectivity index (χ1n) is 7.49. The van der Waals surface area contributed by atoms with E-state index < -0.39 is 5.97 Å². The predicted octanol–water partition coefficient (Wildman–Crippen LogP) is 4.27. The molecule has 4 aromatic rings. The summed E-state index contributed by atoms with van der Waals surface area (Å²) < 4.78 is 7.32. The maximum atomic E-state index is 10.9. The highest BCUT2D eigenvalue weighted by Crippen LogP contribution is 2.26. The molecule has 0 bridgehead atoms. The van der Waals surface area contributed by atoms with Gasteiger partial charge in [-0.3, -0.25) is 0 Å². The van der Waals surface area contributed by atoms with Crippen molar-refractivity contribution in [2.45, 2.75) is 6.92 Å². The number of aryl methyl sites for hydroxylation is 1. The average molecular weight is 318 g/mol. The lowest BCUT2D eigenvalue weighted by Crippen LogP contribution is -1.91. The molecule has 4 rings (SSSR count). The van der Waals surface area contributed by atoms with Gasteiger partial charge >= 0.3 is 5.97 Å². The fourth-order valence-electron chi connectivity index (χ4n) is 2.66. The van der Waals surface area contributed by atoms with Gasteiger partial charge in [-0.15, -0.1) is 0 Å². The summed E-state index contributed by atoms with van der Waals surface area (Å²) in [5.41, 5.74) is 4.78. The van der Waals surface area contributed by atoms with Gasteiger partial charge in [-0.25, -0.2) is 9.78 Å². The van der Waals surface area contributed by atoms with Crippen LogP contribution in [0.3, 0.4) is 0 Å². The predicted molar refractivity (Wildman–Crippen MR) is 90.0 cm³/mol. The number of rotatable bonds is 3. The molecule has 3 heterocycles. The number of hydrogen-bond donors (Lipinski definition) is 1. The van der Waals surface area contributed by atoms with Crippen molar-refractivity contribution in [3.05, 3.63) is 72.2 Å². The van der Waals surface area contributed by atoms with E-state index in [-0.39, 0.29) is 5.76 Å². The zero-order chi connectivity index (χ0) is 16.7. The van der Waals surface area contributed by atoms with E-state index in [1.54, 1.807) is 6.07 Å². The third-order valence-electron chi connectivity index (χ3n) is 3.88. The van der Waals surface area contributed by atoms with Gasteiger partial charge in [0.05, 0.1) is 5.69 Å². The van der Waals surface area contributed by atoms with Crippen LogP contribution in [-0.4, -0.2) is 20.5 Å². The third-order valence-corrected chi connectivity index (χ3v) is 3.88. The molecule has 0 radical (unpaired) electrons. The number of furan rings is 1. The molecule has 0 aliphatic carbocycles. The highest BCUT2D eigenvalue weighted by Gasteiger charge is 2.11. The van der Waals surface area contributed by atoms with Crippen LogP contribution in [0, 0.1) is 6.92 Å². The highest BCUT2D eigenvalue weighted by molar-refractivity contribution is 5.85. The number of imidazole rings is 1. The number of fused-ring (bicyclic) bond motifs is 1. The van der Waals surface area contributed by atoms with E-state index >= 15 is 0 Å². The Morgan fingerprint density at radius 1 is 1.00 bits per heavy atom. The van der Waals surface area contributed by atoms with Crippen molar-refractivity contribution in [3.63, 3.8) is 0 Å². The number of carboxylic acid groups (broad SMARTS) is 1. The second-order valence-electron chi connectivity index (χ2n) is 5.64. The number of nitrogens with zero attached hydrogens (tertiary/aromatic N) is 2. The molecule has 1 aromatic carbocycles. The summed E-state index contributed by atoms with van der Waals surface area (Å²) in [7, 11) is 0. The zero-order valence-electron chi connectivity index (χ0n) is 12.9. The molecule has 1 N–H and O–H groups in total. The fourth-order valence-corrected chi connectivity index (χ4v) is 2.66. The number of aromatic nitrogens is 2. The van der Waals surface area contributed by atoms with Crippen molar-refractivity contribution >= 4 is 11.6 Å². The molecule has 0 unspecified atom stereocenters. The van der Waals surface area contributed by atoms with Crippen LogP contribution < -0.4 is 0 Å². The van der Waals surface area contributed by atoms with Crippen molar-refractivity contribution in [2.24, 2.45) is 0 Å². The van der Waals surface area contributed by atoms with Crippen LogP contribution in [0.25, 0.3) is 28.2 Å². The van der Waals surface area contributed by atoms with Gasteiger partial charge in [0.15, 0.2) is 0 Å². The van der Waals surface area contributed by atoms with E-state index in [0.29, 0.717) is 5.76 Å². The van der Waals surface area contributed by atoms with Gasteiger partial charge in [0.1, 0.15) is 11.4 Å². The van der Waals surface area contributed by atoms with Crippen molar-refractivity contribution in [1.29, 1.82) is 0 Å². The first-order valence-corrected chi connectivity index (χ1v) is 7.49. The molecule has 3 aromatic heterocycles. The average Bonchev–Trinajstić information content (AvgIpc) is 3.21. The van der Waals surface area contributed by atoms with Crippen LogP contribution in [0.1, 0.15) is 16.1 Å². The third kappa shape index (κ3) is 2.46. The summed E-state index contributed by atoms with van der Waals surface area (Å²) in [5.74, 6) is -0.604. The van der Waals surface area contributed by atoms with E-state index in [4.69, 9.17) is 9.52 Å². The molecule has 5 heteroatoms. The van der Waals surface area contributed by atoms with E-state index in [9.17, 15) is 4.79 Å². The molecular weight excluding hydrogens is 304 g/mol. The van der Waals surface area contributed by atoms with Crippen molar-refractivity contribution in [2.75, 3.05) is 0 Å². The maximum absolute atomic E-state index is 10.9. The summed E-state index contributed by atoms with van der Waals surface area (Å²) in [6.45, 7) is 2.04. The molecule has 24 heavy (non-hydrogen) atoms. The number of carbonyl (C=O) groups is 1. The molecule has 0 spiro atoms. The SMILES string of the molecule is Cc1ccc2nc(-c3ccc(-c4ccc(C(=O)O)o4)cc3)cn2c1. The molecule has 118 valence electrons. The summed E-state index contributed by atoms with van der Waals surface area (Å²) >= 11 is 0. The lowest BCUT2D eigenvalue weighted by Gasteiger charge is -1.99.